The molecule has 0 amide bonds. The summed E-state index contributed by atoms with van der Waals surface area (Å²) in [7, 11) is 1.66. The van der Waals surface area contributed by atoms with Crippen molar-refractivity contribution < 1.29 is 14.2 Å². The van der Waals surface area contributed by atoms with Crippen molar-refractivity contribution in [3.8, 4) is 11.8 Å². The first-order valence-corrected chi connectivity index (χ1v) is 7.37. The molecule has 0 bridgehead atoms. The Morgan fingerprint density at radius 3 is 2.71 bits per heavy atom. The fourth-order valence-corrected chi connectivity index (χ4v) is 2.75. The van der Waals surface area contributed by atoms with Crippen LogP contribution in [0.3, 0.4) is 0 Å². The summed E-state index contributed by atoms with van der Waals surface area (Å²) in [6.45, 7) is 4.91. The van der Waals surface area contributed by atoms with Gasteiger partial charge in [0.25, 0.3) is 0 Å². The van der Waals surface area contributed by atoms with E-state index in [0.717, 1.165) is 30.6 Å². The van der Waals surface area contributed by atoms with Crippen molar-refractivity contribution >= 4 is 0 Å². The molecule has 1 heterocycles. The monoisotopic (exact) mass is 289 g/mol. The Kier molecular flexibility index (Phi) is 4.87. The average Bonchev–Trinajstić information content (AvgIpc) is 2.87. The van der Waals surface area contributed by atoms with Crippen molar-refractivity contribution in [3.63, 3.8) is 0 Å². The number of hydrogen-bond donors (Lipinski definition) is 0. The van der Waals surface area contributed by atoms with Gasteiger partial charge in [-0.25, -0.2) is 0 Å². The molecule has 1 aromatic carbocycles. The number of para-hydroxylation sites is 1. The summed E-state index contributed by atoms with van der Waals surface area (Å²) in [6, 6.07) is 10.1. The van der Waals surface area contributed by atoms with Gasteiger partial charge in [0.15, 0.2) is 5.60 Å². The smallest absolute Gasteiger partial charge is 0.152 e. The Morgan fingerprint density at radius 1 is 1.33 bits per heavy atom. The molecule has 1 aromatic rings. The van der Waals surface area contributed by atoms with Gasteiger partial charge >= 0.3 is 0 Å². The first kappa shape index (κ1) is 15.8. The van der Waals surface area contributed by atoms with Crippen LogP contribution in [0.2, 0.25) is 0 Å². The van der Waals surface area contributed by atoms with E-state index < -0.39 is 5.60 Å². The first-order chi connectivity index (χ1) is 10.1. The number of rotatable bonds is 6. The minimum atomic E-state index is -0.677. The Balaban J connectivity index is 1.95. The molecule has 2 unspecified atom stereocenters. The molecular weight excluding hydrogens is 266 g/mol. The van der Waals surface area contributed by atoms with Gasteiger partial charge in [0, 0.05) is 5.56 Å². The molecule has 2 rings (SSSR count). The number of benzene rings is 1. The lowest BCUT2D eigenvalue weighted by Gasteiger charge is -2.29. The van der Waals surface area contributed by atoms with Gasteiger partial charge in [-0.15, -0.1) is 0 Å². The molecule has 0 radical (unpaired) electrons. The molecule has 1 aliphatic rings. The lowest BCUT2D eigenvalue weighted by molar-refractivity contribution is -0.114. The molecule has 1 saturated heterocycles. The van der Waals surface area contributed by atoms with Gasteiger partial charge in [0.05, 0.1) is 32.0 Å². The van der Waals surface area contributed by atoms with Crippen LogP contribution < -0.4 is 4.74 Å². The van der Waals surface area contributed by atoms with Crippen molar-refractivity contribution in [1.82, 2.24) is 0 Å². The van der Waals surface area contributed by atoms with E-state index in [-0.39, 0.29) is 5.60 Å². The van der Waals surface area contributed by atoms with Crippen LogP contribution in [-0.4, -0.2) is 24.9 Å². The Morgan fingerprint density at radius 2 is 2.10 bits per heavy atom. The fraction of sp³-hybridized carbons (Fsp3) is 0.588. The third kappa shape index (κ3) is 3.55. The first-order valence-electron chi connectivity index (χ1n) is 7.37. The van der Waals surface area contributed by atoms with Crippen LogP contribution in [0.1, 0.15) is 38.7 Å². The number of ether oxygens (including phenoxy) is 3. The second-order valence-electron chi connectivity index (χ2n) is 5.79. The molecule has 4 heteroatoms. The van der Waals surface area contributed by atoms with Crippen molar-refractivity contribution in [2.75, 3.05) is 13.7 Å². The van der Waals surface area contributed by atoms with Gasteiger partial charge < -0.3 is 14.2 Å². The molecule has 0 aromatic heterocycles. The highest BCUT2D eigenvalue weighted by Crippen LogP contribution is 2.40. The topological polar surface area (TPSA) is 51.5 Å². The predicted molar refractivity (Wildman–Crippen MR) is 80.0 cm³/mol. The van der Waals surface area contributed by atoms with Crippen LogP contribution in [0, 0.1) is 11.3 Å². The van der Waals surface area contributed by atoms with Crippen LogP contribution in [0.15, 0.2) is 24.3 Å². The zero-order valence-electron chi connectivity index (χ0n) is 13.0. The maximum absolute atomic E-state index is 9.19. The summed E-state index contributed by atoms with van der Waals surface area (Å²) < 4.78 is 17.2. The Bertz CT molecular complexity index is 525. The molecular formula is C17H23NO3. The summed E-state index contributed by atoms with van der Waals surface area (Å²) in [4.78, 5) is 0. The average molecular weight is 289 g/mol. The van der Waals surface area contributed by atoms with E-state index in [1.165, 1.54) is 0 Å². The molecule has 1 fully saturated rings. The summed E-state index contributed by atoms with van der Waals surface area (Å²) in [5, 5.41) is 9.19. The minimum Gasteiger partial charge on any atom is -0.496 e. The van der Waals surface area contributed by atoms with Crippen LogP contribution >= 0.6 is 0 Å². The summed E-state index contributed by atoms with van der Waals surface area (Å²) in [6.07, 6.45) is 2.46. The van der Waals surface area contributed by atoms with E-state index in [9.17, 15) is 5.26 Å². The fourth-order valence-electron chi connectivity index (χ4n) is 2.75. The maximum atomic E-state index is 9.19. The van der Waals surface area contributed by atoms with Crippen LogP contribution in [0.4, 0.5) is 0 Å². The molecule has 0 saturated carbocycles. The quantitative estimate of drug-likeness (QED) is 0.805. The molecule has 21 heavy (non-hydrogen) atoms. The van der Waals surface area contributed by atoms with Crippen LogP contribution in [0.25, 0.3) is 0 Å². The number of nitrogens with zero attached hydrogens (tertiary/aromatic N) is 1. The zero-order chi connectivity index (χ0) is 15.3. The van der Waals surface area contributed by atoms with Gasteiger partial charge in [-0.1, -0.05) is 25.1 Å². The van der Waals surface area contributed by atoms with E-state index in [0.29, 0.717) is 13.2 Å². The third-order valence-electron chi connectivity index (χ3n) is 4.20. The molecule has 0 N–H and O–H groups in total. The third-order valence-corrected chi connectivity index (χ3v) is 4.20. The number of nitriles is 1. The lowest BCUT2D eigenvalue weighted by atomic mass is 9.96. The van der Waals surface area contributed by atoms with Gasteiger partial charge in [-0.2, -0.15) is 5.26 Å². The predicted octanol–water partition coefficient (Wildman–Crippen LogP) is 3.45. The van der Waals surface area contributed by atoms with Crippen LogP contribution in [0.5, 0.6) is 5.75 Å². The Labute approximate surface area is 126 Å². The highest BCUT2D eigenvalue weighted by atomic mass is 16.6. The molecule has 2 atom stereocenters. The van der Waals surface area contributed by atoms with Crippen molar-refractivity contribution in [2.24, 2.45) is 0 Å². The van der Waals surface area contributed by atoms with Crippen molar-refractivity contribution in [3.05, 3.63) is 29.8 Å². The van der Waals surface area contributed by atoms with Gasteiger partial charge in [0.2, 0.25) is 0 Å². The van der Waals surface area contributed by atoms with E-state index in [1.807, 2.05) is 31.2 Å². The van der Waals surface area contributed by atoms with Gasteiger partial charge in [-0.3, -0.25) is 0 Å². The molecule has 4 nitrogen and oxygen atoms in total. The highest BCUT2D eigenvalue weighted by molar-refractivity contribution is 5.32. The van der Waals surface area contributed by atoms with Crippen LogP contribution in [-0.2, 0) is 16.1 Å². The van der Waals surface area contributed by atoms with E-state index in [2.05, 4.69) is 13.0 Å². The van der Waals surface area contributed by atoms with Crippen molar-refractivity contribution in [2.45, 2.75) is 50.9 Å². The summed E-state index contributed by atoms with van der Waals surface area (Å²) >= 11 is 0. The summed E-state index contributed by atoms with van der Waals surface area (Å²) in [5.41, 5.74) is 0.00309. The van der Waals surface area contributed by atoms with Gasteiger partial charge in [-0.05, 0) is 32.3 Å². The second-order valence-corrected chi connectivity index (χ2v) is 5.79. The lowest BCUT2D eigenvalue weighted by Crippen LogP contribution is -2.37. The summed E-state index contributed by atoms with van der Waals surface area (Å²) in [5.74, 6) is 0.831. The minimum absolute atomic E-state index is 0.341. The van der Waals surface area contributed by atoms with E-state index in [1.54, 1.807) is 7.11 Å². The number of methoxy groups -OCH3 is 1. The SMILES string of the molecule is CCC1(COCc2ccccc2OC)CCC(C)(C#N)O1. The standard InChI is InChI=1S/C17H23NO3/c1-4-17(10-9-16(2,12-18)21-17)13-20-11-14-7-5-6-8-15(14)19-3/h5-8H,4,9-11,13H2,1-3H3. The van der Waals surface area contributed by atoms with Crippen molar-refractivity contribution in [1.29, 1.82) is 5.26 Å². The molecule has 0 aliphatic carbocycles. The molecule has 0 spiro atoms. The van der Waals surface area contributed by atoms with E-state index in [4.69, 9.17) is 14.2 Å². The largest absolute Gasteiger partial charge is 0.496 e. The molecule has 1 aliphatic heterocycles. The van der Waals surface area contributed by atoms with E-state index >= 15 is 0 Å². The highest BCUT2D eigenvalue weighted by Gasteiger charge is 2.46. The second kappa shape index (κ2) is 6.46. The number of hydrogen-bond acceptors (Lipinski definition) is 4. The van der Waals surface area contributed by atoms with Gasteiger partial charge in [0.1, 0.15) is 5.75 Å². The zero-order valence-corrected chi connectivity index (χ0v) is 13.0. The normalized spacial score (nSPS) is 28.3. The maximum Gasteiger partial charge on any atom is 0.152 e. The Hall–Kier alpha value is -1.57. The molecule has 114 valence electrons.